The van der Waals surface area contributed by atoms with Crippen molar-refractivity contribution >= 4 is 35.5 Å². The first-order chi connectivity index (χ1) is 15.3. The monoisotopic (exact) mass is 405 g/mol. The Bertz CT molecular complexity index is 1150. The Hall–Kier alpha value is -4.11. The number of hydrogen-bond acceptors (Lipinski definition) is 3. The summed E-state index contributed by atoms with van der Waals surface area (Å²) in [5, 5.41) is 0. The van der Waals surface area contributed by atoms with Gasteiger partial charge in [0.1, 0.15) is 12.0 Å². The van der Waals surface area contributed by atoms with Gasteiger partial charge in [0.25, 0.3) is 0 Å². The highest BCUT2D eigenvalue weighted by molar-refractivity contribution is 5.81. The number of carbonyl (C=O) groups excluding carboxylic acids is 1. The summed E-state index contributed by atoms with van der Waals surface area (Å²) in [6.45, 7) is 0. The standard InChI is InChI=1S/C28H23NO2/c1-31-28-19-13-23(14-20-28)8-7-22-9-15-26(16-10-22)29(25-5-3-2-4-6-25)27-17-11-24(21-30)12-18-27/h2-21H,1H3. The van der Waals surface area contributed by atoms with Crippen LogP contribution in [0, 0.1) is 0 Å². The lowest BCUT2D eigenvalue weighted by Gasteiger charge is -2.25. The Kier molecular flexibility index (Phi) is 6.24. The van der Waals surface area contributed by atoms with Crippen molar-refractivity contribution in [1.29, 1.82) is 0 Å². The number of methoxy groups -OCH3 is 1. The van der Waals surface area contributed by atoms with Crippen molar-refractivity contribution in [2.24, 2.45) is 0 Å². The van der Waals surface area contributed by atoms with Crippen LogP contribution in [0.15, 0.2) is 103 Å². The summed E-state index contributed by atoms with van der Waals surface area (Å²) in [6, 6.07) is 34.2. The molecule has 31 heavy (non-hydrogen) atoms. The summed E-state index contributed by atoms with van der Waals surface area (Å²) in [4.78, 5) is 13.2. The minimum atomic E-state index is 0.663. The number of ether oxygens (including phenoxy) is 1. The second kappa shape index (κ2) is 9.59. The fourth-order valence-corrected chi connectivity index (χ4v) is 3.37. The maximum absolute atomic E-state index is 11.0. The summed E-state index contributed by atoms with van der Waals surface area (Å²) >= 11 is 0. The lowest BCUT2D eigenvalue weighted by molar-refractivity contribution is 0.112. The van der Waals surface area contributed by atoms with Crippen molar-refractivity contribution in [1.82, 2.24) is 0 Å². The van der Waals surface area contributed by atoms with Gasteiger partial charge >= 0.3 is 0 Å². The highest BCUT2D eigenvalue weighted by atomic mass is 16.5. The fraction of sp³-hybridized carbons (Fsp3) is 0.0357. The van der Waals surface area contributed by atoms with Gasteiger partial charge in [-0.05, 0) is 71.8 Å². The molecule has 0 radical (unpaired) electrons. The zero-order valence-electron chi connectivity index (χ0n) is 17.3. The van der Waals surface area contributed by atoms with Gasteiger partial charge in [-0.25, -0.2) is 0 Å². The quantitative estimate of drug-likeness (QED) is 0.242. The van der Waals surface area contributed by atoms with Crippen LogP contribution in [-0.2, 0) is 0 Å². The van der Waals surface area contributed by atoms with E-state index in [1.807, 2.05) is 66.7 Å². The van der Waals surface area contributed by atoms with Gasteiger partial charge in [-0.3, -0.25) is 4.79 Å². The Labute approximate surface area is 182 Å². The first kappa shape index (κ1) is 20.2. The van der Waals surface area contributed by atoms with Crippen LogP contribution in [0.5, 0.6) is 5.75 Å². The molecule has 0 aliphatic heterocycles. The molecule has 0 amide bonds. The lowest BCUT2D eigenvalue weighted by Crippen LogP contribution is -2.09. The van der Waals surface area contributed by atoms with Crippen LogP contribution in [0.1, 0.15) is 21.5 Å². The molecule has 4 rings (SSSR count). The van der Waals surface area contributed by atoms with E-state index in [-0.39, 0.29) is 0 Å². The molecule has 0 fully saturated rings. The Balaban J connectivity index is 1.61. The largest absolute Gasteiger partial charge is 0.497 e. The van der Waals surface area contributed by atoms with Crippen LogP contribution < -0.4 is 9.64 Å². The fourth-order valence-electron chi connectivity index (χ4n) is 3.37. The number of hydrogen-bond donors (Lipinski definition) is 0. The molecule has 4 aromatic carbocycles. The summed E-state index contributed by atoms with van der Waals surface area (Å²) in [7, 11) is 1.67. The van der Waals surface area contributed by atoms with E-state index in [2.05, 4.69) is 53.5 Å². The van der Waals surface area contributed by atoms with Crippen LogP contribution >= 0.6 is 0 Å². The van der Waals surface area contributed by atoms with E-state index in [0.717, 1.165) is 40.2 Å². The van der Waals surface area contributed by atoms with Gasteiger partial charge in [0.2, 0.25) is 0 Å². The highest BCUT2D eigenvalue weighted by Gasteiger charge is 2.11. The van der Waals surface area contributed by atoms with Crippen LogP contribution in [0.2, 0.25) is 0 Å². The van der Waals surface area contributed by atoms with Gasteiger partial charge in [0.05, 0.1) is 7.11 Å². The molecule has 0 bridgehead atoms. The minimum Gasteiger partial charge on any atom is -0.497 e. The van der Waals surface area contributed by atoms with Crippen LogP contribution in [-0.4, -0.2) is 13.4 Å². The summed E-state index contributed by atoms with van der Waals surface area (Å²) in [5.74, 6) is 0.851. The van der Waals surface area contributed by atoms with Crippen LogP contribution in [0.4, 0.5) is 17.1 Å². The van der Waals surface area contributed by atoms with E-state index in [4.69, 9.17) is 4.74 Å². The second-order valence-electron chi connectivity index (χ2n) is 7.08. The number of benzene rings is 4. The maximum atomic E-state index is 11.0. The third-order valence-electron chi connectivity index (χ3n) is 5.04. The topological polar surface area (TPSA) is 29.5 Å². The number of para-hydroxylation sites is 1. The third kappa shape index (κ3) is 4.90. The first-order valence-corrected chi connectivity index (χ1v) is 10.1. The molecule has 0 heterocycles. The zero-order valence-corrected chi connectivity index (χ0v) is 17.3. The normalized spacial score (nSPS) is 10.7. The molecular weight excluding hydrogens is 382 g/mol. The molecule has 3 nitrogen and oxygen atoms in total. The van der Waals surface area contributed by atoms with Gasteiger partial charge in [-0.2, -0.15) is 0 Å². The number of anilines is 3. The molecule has 0 saturated heterocycles. The van der Waals surface area contributed by atoms with E-state index in [1.54, 1.807) is 7.11 Å². The highest BCUT2D eigenvalue weighted by Crippen LogP contribution is 2.34. The molecule has 0 unspecified atom stereocenters. The predicted octanol–water partition coefficient (Wildman–Crippen LogP) is 7.15. The van der Waals surface area contributed by atoms with Gasteiger partial charge in [0, 0.05) is 22.6 Å². The maximum Gasteiger partial charge on any atom is 0.150 e. The number of carbonyl (C=O) groups is 1. The van der Waals surface area contributed by atoms with Crippen molar-refractivity contribution < 1.29 is 9.53 Å². The average Bonchev–Trinajstić information content (AvgIpc) is 2.85. The van der Waals surface area contributed by atoms with E-state index < -0.39 is 0 Å². The third-order valence-corrected chi connectivity index (χ3v) is 5.04. The van der Waals surface area contributed by atoms with Gasteiger partial charge < -0.3 is 9.64 Å². The van der Waals surface area contributed by atoms with Crippen LogP contribution in [0.3, 0.4) is 0 Å². The van der Waals surface area contributed by atoms with Crippen molar-refractivity contribution in [2.75, 3.05) is 12.0 Å². The number of nitrogens with zero attached hydrogens (tertiary/aromatic N) is 1. The van der Waals surface area contributed by atoms with Crippen molar-refractivity contribution in [3.05, 3.63) is 120 Å². The Morgan fingerprint density at radius 1 is 0.581 bits per heavy atom. The summed E-state index contributed by atoms with van der Waals surface area (Å²) < 4.78 is 5.21. The SMILES string of the molecule is COc1ccc(C=Cc2ccc(N(c3ccccc3)c3ccc(C=O)cc3)cc2)cc1. The van der Waals surface area contributed by atoms with E-state index in [9.17, 15) is 4.79 Å². The Morgan fingerprint density at radius 3 is 1.52 bits per heavy atom. The lowest BCUT2D eigenvalue weighted by atomic mass is 10.1. The first-order valence-electron chi connectivity index (χ1n) is 10.1. The molecule has 0 N–H and O–H groups in total. The number of rotatable bonds is 7. The molecule has 0 saturated carbocycles. The van der Waals surface area contributed by atoms with Crippen molar-refractivity contribution in [3.63, 3.8) is 0 Å². The zero-order chi connectivity index (χ0) is 21.5. The number of aldehydes is 1. The van der Waals surface area contributed by atoms with Crippen molar-refractivity contribution in [3.8, 4) is 5.75 Å². The molecule has 0 aliphatic rings. The van der Waals surface area contributed by atoms with Gasteiger partial charge in [0.15, 0.2) is 0 Å². The second-order valence-corrected chi connectivity index (χ2v) is 7.08. The average molecular weight is 405 g/mol. The van der Waals surface area contributed by atoms with E-state index >= 15 is 0 Å². The predicted molar refractivity (Wildman–Crippen MR) is 128 cm³/mol. The summed E-state index contributed by atoms with van der Waals surface area (Å²) in [5.41, 5.74) is 6.00. The van der Waals surface area contributed by atoms with Gasteiger partial charge in [-0.15, -0.1) is 0 Å². The Morgan fingerprint density at radius 2 is 1.03 bits per heavy atom. The van der Waals surface area contributed by atoms with Gasteiger partial charge in [-0.1, -0.05) is 54.6 Å². The molecule has 0 spiro atoms. The molecular formula is C28H23NO2. The van der Waals surface area contributed by atoms with E-state index in [0.29, 0.717) is 5.56 Å². The van der Waals surface area contributed by atoms with Crippen LogP contribution in [0.25, 0.3) is 12.2 Å². The molecule has 152 valence electrons. The van der Waals surface area contributed by atoms with Crippen molar-refractivity contribution in [2.45, 2.75) is 0 Å². The molecule has 0 atom stereocenters. The van der Waals surface area contributed by atoms with E-state index in [1.165, 1.54) is 0 Å². The molecule has 4 aromatic rings. The molecule has 0 aromatic heterocycles. The smallest absolute Gasteiger partial charge is 0.150 e. The minimum absolute atomic E-state index is 0.663. The summed E-state index contributed by atoms with van der Waals surface area (Å²) in [6.07, 6.45) is 5.04. The molecule has 3 heteroatoms. The molecule has 0 aliphatic carbocycles.